The third-order valence-electron chi connectivity index (χ3n) is 2.92. The molecule has 0 heterocycles. The zero-order valence-electron chi connectivity index (χ0n) is 11.6. The topological polar surface area (TPSA) is 49.7 Å². The van der Waals surface area contributed by atoms with Gasteiger partial charge in [0.2, 0.25) is 0 Å². The first-order valence-corrected chi connectivity index (χ1v) is 7.19. The van der Waals surface area contributed by atoms with E-state index in [4.69, 9.17) is 16.3 Å². The molecule has 2 N–H and O–H groups in total. The van der Waals surface area contributed by atoms with Crippen LogP contribution in [0, 0.1) is 0 Å². The molecule has 0 aliphatic heterocycles. The Morgan fingerprint density at radius 1 is 1.22 bits per heavy atom. The molecule has 0 saturated heterocycles. The molecule has 0 spiro atoms. The second-order valence-electron chi connectivity index (χ2n) is 4.78. The van der Waals surface area contributed by atoms with Crippen LogP contribution in [0.4, 0.5) is 0 Å². The first-order valence-electron chi connectivity index (χ1n) is 6.76. The van der Waals surface area contributed by atoms with E-state index in [1.165, 1.54) is 0 Å². The van der Waals surface area contributed by atoms with Crippen LogP contribution in [0.5, 0.6) is 0 Å². The number of ether oxygens (including phenoxy) is 1. The van der Waals surface area contributed by atoms with E-state index < -0.39 is 11.7 Å². The summed E-state index contributed by atoms with van der Waals surface area (Å²) in [5.74, 6) is 0. The van der Waals surface area contributed by atoms with Crippen LogP contribution in [-0.4, -0.2) is 34.6 Å². The summed E-state index contributed by atoms with van der Waals surface area (Å²) >= 11 is 5.68. The smallest absolute Gasteiger partial charge is 0.153 e. The zero-order valence-corrected chi connectivity index (χ0v) is 12.3. The van der Waals surface area contributed by atoms with Crippen molar-refractivity contribution in [3.05, 3.63) is 12.2 Å². The monoisotopic (exact) mass is 278 g/mol. The number of rotatable bonds is 11. The number of aliphatic hydroxyl groups is 2. The molecule has 18 heavy (non-hydrogen) atoms. The molecule has 0 bridgehead atoms. The van der Waals surface area contributed by atoms with Crippen LogP contribution in [0.2, 0.25) is 0 Å². The molecule has 0 aromatic carbocycles. The molecule has 0 aromatic rings. The van der Waals surface area contributed by atoms with Crippen molar-refractivity contribution in [3.8, 4) is 0 Å². The summed E-state index contributed by atoms with van der Waals surface area (Å²) in [4.78, 5) is 0. The fourth-order valence-electron chi connectivity index (χ4n) is 1.61. The Bertz CT molecular complexity index is 219. The molecule has 0 fully saturated rings. The largest absolute Gasteiger partial charge is 0.389 e. The van der Waals surface area contributed by atoms with Crippen LogP contribution < -0.4 is 0 Å². The summed E-state index contributed by atoms with van der Waals surface area (Å²) in [7, 11) is 0. The Kier molecular flexibility index (Phi) is 10.7. The highest BCUT2D eigenvalue weighted by atomic mass is 35.5. The molecule has 108 valence electrons. The van der Waals surface area contributed by atoms with Gasteiger partial charge in [0.25, 0.3) is 0 Å². The highest BCUT2D eigenvalue weighted by Gasteiger charge is 2.17. The van der Waals surface area contributed by atoms with E-state index in [1.54, 1.807) is 0 Å². The molecule has 0 radical (unpaired) electrons. The fourth-order valence-corrected chi connectivity index (χ4v) is 1.81. The Morgan fingerprint density at radius 2 is 1.83 bits per heavy atom. The van der Waals surface area contributed by atoms with Gasteiger partial charge in [0.05, 0.1) is 12.2 Å². The molecule has 0 saturated carbocycles. The van der Waals surface area contributed by atoms with E-state index in [-0.39, 0.29) is 6.10 Å². The van der Waals surface area contributed by atoms with E-state index in [0.717, 1.165) is 37.7 Å². The minimum absolute atomic E-state index is 0.305. The van der Waals surface area contributed by atoms with Crippen molar-refractivity contribution in [3.63, 3.8) is 0 Å². The van der Waals surface area contributed by atoms with Crippen LogP contribution in [-0.2, 0) is 4.74 Å². The van der Waals surface area contributed by atoms with Gasteiger partial charge in [0, 0.05) is 6.61 Å². The Morgan fingerprint density at radius 3 is 2.33 bits per heavy atom. The van der Waals surface area contributed by atoms with Crippen molar-refractivity contribution in [1.29, 1.82) is 0 Å². The summed E-state index contributed by atoms with van der Waals surface area (Å²) in [5, 5.41) is 19.0. The van der Waals surface area contributed by atoms with E-state index in [9.17, 15) is 10.2 Å². The van der Waals surface area contributed by atoms with Crippen molar-refractivity contribution in [2.75, 3.05) is 6.61 Å². The number of hydrogen-bond acceptors (Lipinski definition) is 3. The summed E-state index contributed by atoms with van der Waals surface area (Å²) < 4.78 is 5.54. The minimum atomic E-state index is -0.951. The van der Waals surface area contributed by atoms with Crippen LogP contribution in [0.25, 0.3) is 0 Å². The van der Waals surface area contributed by atoms with Crippen molar-refractivity contribution >= 4 is 11.6 Å². The van der Waals surface area contributed by atoms with Crippen molar-refractivity contribution in [1.82, 2.24) is 0 Å². The lowest BCUT2D eigenvalue weighted by Gasteiger charge is -2.19. The lowest BCUT2D eigenvalue weighted by atomic mass is 10.0. The van der Waals surface area contributed by atoms with Gasteiger partial charge in [-0.15, -0.1) is 0 Å². The van der Waals surface area contributed by atoms with Gasteiger partial charge in [-0.05, 0) is 26.2 Å². The van der Waals surface area contributed by atoms with Crippen LogP contribution in [0.1, 0.15) is 52.4 Å². The number of unbranched alkanes of at least 4 members (excludes halogenated alkanes) is 2. The standard InChI is InChI=1S/C14H27ClO3/c1-4-5-10-18-13(14(15)17)9-7-6-8-12(16)11(2)3/h12-14,16-17H,2,4-10H2,1,3H3. The Hall–Kier alpha value is -0.0900. The number of hydrogen-bond donors (Lipinski definition) is 2. The Labute approximate surface area is 116 Å². The van der Waals surface area contributed by atoms with Crippen LogP contribution in [0.15, 0.2) is 12.2 Å². The molecule has 4 heteroatoms. The van der Waals surface area contributed by atoms with E-state index in [2.05, 4.69) is 13.5 Å². The fraction of sp³-hybridized carbons (Fsp3) is 0.857. The number of halogens is 1. The highest BCUT2D eigenvalue weighted by molar-refractivity contribution is 6.19. The molecule has 0 aromatic heterocycles. The summed E-state index contributed by atoms with van der Waals surface area (Å²) in [5.41, 5.74) is -0.156. The highest BCUT2D eigenvalue weighted by Crippen LogP contribution is 2.16. The lowest BCUT2D eigenvalue weighted by molar-refractivity contribution is -0.0114. The SMILES string of the molecule is C=C(C)C(O)CCCCC(OCCCC)C(O)Cl. The van der Waals surface area contributed by atoms with Crippen LogP contribution in [0.3, 0.4) is 0 Å². The quantitative estimate of drug-likeness (QED) is 0.347. The average Bonchev–Trinajstić information content (AvgIpc) is 2.31. The van der Waals surface area contributed by atoms with Gasteiger partial charge in [0.1, 0.15) is 0 Å². The van der Waals surface area contributed by atoms with Crippen molar-refractivity contribution in [2.24, 2.45) is 0 Å². The second kappa shape index (κ2) is 10.8. The Balaban J connectivity index is 3.73. The molecular weight excluding hydrogens is 252 g/mol. The summed E-state index contributed by atoms with van der Waals surface area (Å²) in [6.45, 7) is 8.26. The van der Waals surface area contributed by atoms with Crippen molar-refractivity contribution in [2.45, 2.75) is 70.1 Å². The predicted octanol–water partition coefficient (Wildman–Crippen LogP) is 3.23. The first kappa shape index (κ1) is 17.9. The molecule has 3 unspecified atom stereocenters. The number of alkyl halides is 1. The van der Waals surface area contributed by atoms with Gasteiger partial charge in [-0.1, -0.05) is 49.9 Å². The maximum atomic E-state index is 9.57. The lowest BCUT2D eigenvalue weighted by Crippen LogP contribution is -2.25. The van der Waals surface area contributed by atoms with Gasteiger partial charge in [0.15, 0.2) is 5.56 Å². The van der Waals surface area contributed by atoms with Gasteiger partial charge >= 0.3 is 0 Å². The predicted molar refractivity (Wildman–Crippen MR) is 75.8 cm³/mol. The number of aliphatic hydroxyl groups excluding tert-OH is 2. The summed E-state index contributed by atoms with van der Waals surface area (Å²) in [6, 6.07) is 0. The molecule has 0 aliphatic carbocycles. The van der Waals surface area contributed by atoms with Gasteiger partial charge in [-0.3, -0.25) is 0 Å². The average molecular weight is 279 g/mol. The molecule has 3 nitrogen and oxygen atoms in total. The molecule has 0 aliphatic rings. The maximum absolute atomic E-state index is 9.57. The maximum Gasteiger partial charge on any atom is 0.153 e. The first-order chi connectivity index (χ1) is 8.49. The van der Waals surface area contributed by atoms with Gasteiger partial charge in [-0.25, -0.2) is 0 Å². The van der Waals surface area contributed by atoms with E-state index in [1.807, 2.05) is 6.92 Å². The normalized spacial score (nSPS) is 16.3. The third kappa shape index (κ3) is 8.92. The molecule has 0 amide bonds. The molecule has 0 rings (SSSR count). The van der Waals surface area contributed by atoms with E-state index >= 15 is 0 Å². The molecule has 3 atom stereocenters. The van der Waals surface area contributed by atoms with Crippen LogP contribution >= 0.6 is 11.6 Å². The second-order valence-corrected chi connectivity index (χ2v) is 5.23. The van der Waals surface area contributed by atoms with E-state index in [0.29, 0.717) is 13.0 Å². The van der Waals surface area contributed by atoms with Crippen molar-refractivity contribution < 1.29 is 14.9 Å². The minimum Gasteiger partial charge on any atom is -0.389 e. The summed E-state index contributed by atoms with van der Waals surface area (Å²) in [6.07, 6.45) is 4.50. The third-order valence-corrected chi connectivity index (χ3v) is 3.20. The van der Waals surface area contributed by atoms with Gasteiger partial charge in [-0.2, -0.15) is 0 Å². The van der Waals surface area contributed by atoms with Gasteiger partial charge < -0.3 is 14.9 Å². The zero-order chi connectivity index (χ0) is 14.0. The molecular formula is C14H27ClO3.